The lowest BCUT2D eigenvalue weighted by atomic mass is 9.91. The van der Waals surface area contributed by atoms with Crippen LogP contribution in [0.25, 0.3) is 0 Å². The Kier molecular flexibility index (Phi) is 4.12. The fourth-order valence-electron chi connectivity index (χ4n) is 3.91. The molecule has 1 aliphatic rings. The number of fused-ring (bicyclic) bond motifs is 1. The molecule has 0 aromatic heterocycles. The van der Waals surface area contributed by atoms with Crippen LogP contribution in [0.4, 0.5) is 0 Å². The van der Waals surface area contributed by atoms with Gasteiger partial charge in [-0.05, 0) is 30.4 Å². The third kappa shape index (κ3) is 2.54. The Bertz CT molecular complexity index is 827. The first-order valence-electron chi connectivity index (χ1n) is 8.59. The maximum atomic E-state index is 14.5. The second-order valence-electron chi connectivity index (χ2n) is 6.44. The zero-order valence-electron chi connectivity index (χ0n) is 13.6. The van der Waals surface area contributed by atoms with E-state index < -0.39 is 7.14 Å². The SMILES string of the molecule is O=P(c1ccccc1)(c1ccccc1)C1CCCc2ccccc21. The summed E-state index contributed by atoms with van der Waals surface area (Å²) in [6.45, 7) is 0. The molecule has 0 aliphatic heterocycles. The van der Waals surface area contributed by atoms with Crippen LogP contribution in [-0.2, 0) is 11.0 Å². The number of benzene rings is 3. The predicted octanol–water partition coefficient (Wildman–Crippen LogP) is 5.08. The highest BCUT2D eigenvalue weighted by molar-refractivity contribution is 7.79. The zero-order valence-corrected chi connectivity index (χ0v) is 14.5. The van der Waals surface area contributed by atoms with Crippen molar-refractivity contribution in [1.29, 1.82) is 0 Å². The van der Waals surface area contributed by atoms with E-state index in [4.69, 9.17) is 0 Å². The molecule has 0 heterocycles. The van der Waals surface area contributed by atoms with Gasteiger partial charge < -0.3 is 4.57 Å². The predicted molar refractivity (Wildman–Crippen MR) is 102 cm³/mol. The van der Waals surface area contributed by atoms with Gasteiger partial charge in [0.2, 0.25) is 0 Å². The molecule has 0 amide bonds. The maximum absolute atomic E-state index is 14.5. The van der Waals surface area contributed by atoms with Crippen LogP contribution in [-0.4, -0.2) is 0 Å². The van der Waals surface area contributed by atoms with Crippen molar-refractivity contribution in [3.63, 3.8) is 0 Å². The molecule has 0 N–H and O–H groups in total. The summed E-state index contributed by atoms with van der Waals surface area (Å²) in [5, 5.41) is 1.94. The van der Waals surface area contributed by atoms with Gasteiger partial charge >= 0.3 is 0 Å². The summed E-state index contributed by atoms with van der Waals surface area (Å²) in [6, 6.07) is 28.7. The molecular weight excluding hydrogens is 311 g/mol. The largest absolute Gasteiger partial charge is 0.313 e. The summed E-state index contributed by atoms with van der Waals surface area (Å²) in [7, 11) is -2.73. The molecule has 24 heavy (non-hydrogen) atoms. The number of rotatable bonds is 3. The molecule has 1 nitrogen and oxygen atoms in total. The molecule has 0 saturated heterocycles. The molecule has 0 saturated carbocycles. The lowest BCUT2D eigenvalue weighted by molar-refractivity contribution is 0.563. The van der Waals surface area contributed by atoms with E-state index in [-0.39, 0.29) is 5.66 Å². The van der Waals surface area contributed by atoms with Gasteiger partial charge in [0, 0.05) is 16.3 Å². The minimum atomic E-state index is -2.73. The minimum absolute atomic E-state index is 0.0762. The van der Waals surface area contributed by atoms with E-state index in [9.17, 15) is 4.57 Å². The van der Waals surface area contributed by atoms with Gasteiger partial charge in [-0.25, -0.2) is 0 Å². The third-order valence-corrected chi connectivity index (χ3v) is 8.60. The molecule has 0 radical (unpaired) electrons. The Morgan fingerprint density at radius 2 is 1.25 bits per heavy atom. The maximum Gasteiger partial charge on any atom is 0.150 e. The summed E-state index contributed by atoms with van der Waals surface area (Å²) >= 11 is 0. The zero-order chi connectivity index (χ0) is 16.4. The summed E-state index contributed by atoms with van der Waals surface area (Å²) in [6.07, 6.45) is 3.18. The van der Waals surface area contributed by atoms with Crippen molar-refractivity contribution in [3.8, 4) is 0 Å². The molecular formula is C22H21OP. The lowest BCUT2D eigenvalue weighted by Crippen LogP contribution is -2.23. The molecule has 4 rings (SSSR count). The first-order valence-corrected chi connectivity index (χ1v) is 10.4. The van der Waals surface area contributed by atoms with Crippen molar-refractivity contribution in [2.24, 2.45) is 0 Å². The Balaban J connectivity index is 1.94. The van der Waals surface area contributed by atoms with Crippen LogP contribution < -0.4 is 10.6 Å². The Morgan fingerprint density at radius 3 is 1.88 bits per heavy atom. The van der Waals surface area contributed by atoms with E-state index >= 15 is 0 Å². The highest BCUT2D eigenvalue weighted by atomic mass is 31.2. The van der Waals surface area contributed by atoms with Gasteiger partial charge in [0.15, 0.2) is 0 Å². The van der Waals surface area contributed by atoms with Crippen LogP contribution in [0.15, 0.2) is 84.9 Å². The van der Waals surface area contributed by atoms with E-state index in [1.165, 1.54) is 11.1 Å². The first kappa shape index (κ1) is 15.4. The van der Waals surface area contributed by atoms with E-state index in [2.05, 4.69) is 24.3 Å². The number of hydrogen-bond acceptors (Lipinski definition) is 1. The van der Waals surface area contributed by atoms with E-state index in [1.807, 2.05) is 60.7 Å². The van der Waals surface area contributed by atoms with E-state index in [0.717, 1.165) is 29.9 Å². The van der Waals surface area contributed by atoms with Crippen molar-refractivity contribution in [1.82, 2.24) is 0 Å². The Morgan fingerprint density at radius 1 is 0.708 bits per heavy atom. The Hall–Kier alpha value is -2.11. The van der Waals surface area contributed by atoms with Gasteiger partial charge in [-0.1, -0.05) is 84.9 Å². The van der Waals surface area contributed by atoms with Crippen LogP contribution in [0, 0.1) is 0 Å². The van der Waals surface area contributed by atoms with Crippen molar-refractivity contribution in [2.45, 2.75) is 24.9 Å². The molecule has 1 unspecified atom stereocenters. The second kappa shape index (κ2) is 6.42. The molecule has 0 bridgehead atoms. The molecule has 1 aliphatic carbocycles. The molecule has 120 valence electrons. The summed E-state index contributed by atoms with van der Waals surface area (Å²) < 4.78 is 14.5. The molecule has 2 heteroatoms. The quantitative estimate of drug-likeness (QED) is 0.611. The monoisotopic (exact) mass is 332 g/mol. The highest BCUT2D eigenvalue weighted by Crippen LogP contribution is 2.60. The van der Waals surface area contributed by atoms with Gasteiger partial charge in [0.05, 0.1) is 0 Å². The van der Waals surface area contributed by atoms with Gasteiger partial charge in [0.1, 0.15) is 7.14 Å². The first-order chi connectivity index (χ1) is 11.8. The second-order valence-corrected chi connectivity index (χ2v) is 9.41. The molecule has 1 atom stereocenters. The smallest absolute Gasteiger partial charge is 0.150 e. The normalized spacial score (nSPS) is 17.2. The van der Waals surface area contributed by atoms with Crippen molar-refractivity contribution < 1.29 is 4.57 Å². The third-order valence-electron chi connectivity index (χ3n) is 5.06. The van der Waals surface area contributed by atoms with Crippen molar-refractivity contribution in [3.05, 3.63) is 96.1 Å². The number of aryl methyl sites for hydroxylation is 1. The van der Waals surface area contributed by atoms with E-state index in [0.29, 0.717) is 0 Å². The minimum Gasteiger partial charge on any atom is -0.313 e. The fourth-order valence-corrected chi connectivity index (χ4v) is 7.35. The van der Waals surface area contributed by atoms with Crippen LogP contribution >= 0.6 is 7.14 Å². The Labute approximate surface area is 143 Å². The van der Waals surface area contributed by atoms with Crippen LogP contribution in [0.2, 0.25) is 0 Å². The fraction of sp³-hybridized carbons (Fsp3) is 0.182. The van der Waals surface area contributed by atoms with Gasteiger partial charge in [-0.2, -0.15) is 0 Å². The average Bonchev–Trinajstić information content (AvgIpc) is 2.68. The van der Waals surface area contributed by atoms with Crippen LogP contribution in [0.1, 0.15) is 29.6 Å². The molecule has 0 spiro atoms. The van der Waals surface area contributed by atoms with Crippen molar-refractivity contribution >= 4 is 17.8 Å². The van der Waals surface area contributed by atoms with Gasteiger partial charge in [-0.3, -0.25) is 0 Å². The highest BCUT2D eigenvalue weighted by Gasteiger charge is 2.39. The van der Waals surface area contributed by atoms with Gasteiger partial charge in [0.25, 0.3) is 0 Å². The average molecular weight is 332 g/mol. The molecule has 0 fully saturated rings. The van der Waals surface area contributed by atoms with Crippen molar-refractivity contribution in [2.75, 3.05) is 0 Å². The summed E-state index contributed by atoms with van der Waals surface area (Å²) in [5.41, 5.74) is 2.72. The van der Waals surface area contributed by atoms with Gasteiger partial charge in [-0.15, -0.1) is 0 Å². The molecule has 3 aromatic rings. The summed E-state index contributed by atoms with van der Waals surface area (Å²) in [4.78, 5) is 0. The topological polar surface area (TPSA) is 17.1 Å². The van der Waals surface area contributed by atoms with Crippen LogP contribution in [0.3, 0.4) is 0 Å². The standard InChI is InChI=1S/C22H21OP/c23-24(19-12-3-1-4-13-19,20-14-5-2-6-15-20)22-17-9-11-18-10-7-8-16-21(18)22/h1-8,10,12-16,22H,9,11,17H2. The van der Waals surface area contributed by atoms with E-state index in [1.54, 1.807) is 0 Å². The summed E-state index contributed by atoms with van der Waals surface area (Å²) in [5.74, 6) is 0. The molecule has 3 aromatic carbocycles. The van der Waals surface area contributed by atoms with Crippen LogP contribution in [0.5, 0.6) is 0 Å². The lowest BCUT2D eigenvalue weighted by Gasteiger charge is -2.33. The number of hydrogen-bond donors (Lipinski definition) is 0.